The fourth-order valence-corrected chi connectivity index (χ4v) is 5.39. The van der Waals surface area contributed by atoms with Gasteiger partial charge in [0.1, 0.15) is 13.2 Å². The Morgan fingerprint density at radius 2 is 0.804 bits per heavy atom. The van der Waals surface area contributed by atoms with Gasteiger partial charge >= 0.3 is 17.9 Å². The molecule has 51 heavy (non-hydrogen) atoms. The molecule has 0 saturated heterocycles. The van der Waals surface area contributed by atoms with Gasteiger partial charge in [0.15, 0.2) is 6.10 Å². The number of esters is 3. The van der Waals surface area contributed by atoms with Crippen molar-refractivity contribution in [3.8, 4) is 0 Å². The van der Waals surface area contributed by atoms with Crippen LogP contribution in [0.4, 0.5) is 0 Å². The van der Waals surface area contributed by atoms with Gasteiger partial charge in [-0.05, 0) is 77.0 Å². The third-order valence-corrected chi connectivity index (χ3v) is 8.54. The second-order valence-corrected chi connectivity index (χ2v) is 13.6. The second kappa shape index (κ2) is 39.9. The fraction of sp³-hybridized carbons (Fsp3) is 0.711. The molecule has 0 N–H and O–H groups in total. The van der Waals surface area contributed by atoms with Crippen molar-refractivity contribution < 1.29 is 28.6 Å². The van der Waals surface area contributed by atoms with E-state index in [0.717, 1.165) is 57.8 Å². The molecule has 1 unspecified atom stereocenters. The molecule has 0 saturated carbocycles. The van der Waals surface area contributed by atoms with Crippen molar-refractivity contribution in [3.05, 3.63) is 60.8 Å². The van der Waals surface area contributed by atoms with Crippen LogP contribution < -0.4 is 0 Å². The molecule has 0 heterocycles. The van der Waals surface area contributed by atoms with Crippen LogP contribution in [0.2, 0.25) is 0 Å². The Balaban J connectivity index is 4.41. The van der Waals surface area contributed by atoms with E-state index in [1.807, 2.05) is 0 Å². The van der Waals surface area contributed by atoms with Gasteiger partial charge in [-0.25, -0.2) is 0 Å². The molecule has 0 fully saturated rings. The Morgan fingerprint density at radius 1 is 0.412 bits per heavy atom. The molecule has 0 aromatic heterocycles. The van der Waals surface area contributed by atoms with Crippen LogP contribution in [0.15, 0.2) is 60.8 Å². The lowest BCUT2D eigenvalue weighted by molar-refractivity contribution is -0.167. The van der Waals surface area contributed by atoms with Crippen LogP contribution in [0.5, 0.6) is 0 Å². The van der Waals surface area contributed by atoms with Crippen LogP contribution >= 0.6 is 0 Å². The highest BCUT2D eigenvalue weighted by atomic mass is 16.6. The molecule has 0 aromatic carbocycles. The van der Waals surface area contributed by atoms with Crippen molar-refractivity contribution >= 4 is 17.9 Å². The first-order valence-corrected chi connectivity index (χ1v) is 20.8. The summed E-state index contributed by atoms with van der Waals surface area (Å²) in [6.45, 7) is 6.35. The Bertz CT molecular complexity index is 960. The molecule has 0 aliphatic carbocycles. The summed E-state index contributed by atoms with van der Waals surface area (Å²) in [4.78, 5) is 37.4. The quantitative estimate of drug-likeness (QED) is 0.0211. The number of allylic oxidation sites excluding steroid dienone is 10. The van der Waals surface area contributed by atoms with Gasteiger partial charge in [-0.2, -0.15) is 0 Å². The van der Waals surface area contributed by atoms with Gasteiger partial charge < -0.3 is 14.2 Å². The number of ether oxygens (including phenoxy) is 3. The Kier molecular flexibility index (Phi) is 37.6. The van der Waals surface area contributed by atoms with Crippen LogP contribution in [0.1, 0.15) is 188 Å². The molecule has 292 valence electrons. The zero-order valence-electron chi connectivity index (χ0n) is 33.1. The Labute approximate surface area is 313 Å². The third kappa shape index (κ3) is 38.2. The first-order chi connectivity index (χ1) is 25.0. The maximum absolute atomic E-state index is 12.6. The van der Waals surface area contributed by atoms with Gasteiger partial charge in [0, 0.05) is 19.3 Å². The standard InChI is InChI=1S/C45H76O6/c1-4-7-10-13-16-19-20-21-22-23-24-27-29-32-35-38-44(47)50-41-42(51-45(48)39-36-33-30-26-18-15-12-9-6-3)40-49-43(46)37-34-31-28-25-17-14-11-8-5-2/h7,10,13,16,19-20,25-26,28,30,42H,4-6,8-9,11-12,14-15,17-18,21-24,27,29,31-41H2,1-3H3/b10-7-,16-13-,20-19-,28-25-,30-26-. The average Bonchev–Trinajstić information content (AvgIpc) is 3.12. The lowest BCUT2D eigenvalue weighted by Gasteiger charge is -2.18. The van der Waals surface area contributed by atoms with Crippen molar-refractivity contribution in [2.24, 2.45) is 0 Å². The first kappa shape index (κ1) is 48.1. The topological polar surface area (TPSA) is 78.9 Å². The van der Waals surface area contributed by atoms with Crippen molar-refractivity contribution in [2.75, 3.05) is 13.2 Å². The number of hydrogen-bond acceptors (Lipinski definition) is 6. The molecular weight excluding hydrogens is 636 g/mol. The summed E-state index contributed by atoms with van der Waals surface area (Å²) in [5.41, 5.74) is 0. The van der Waals surface area contributed by atoms with E-state index in [9.17, 15) is 14.4 Å². The predicted molar refractivity (Wildman–Crippen MR) is 215 cm³/mol. The smallest absolute Gasteiger partial charge is 0.306 e. The highest BCUT2D eigenvalue weighted by Gasteiger charge is 2.19. The third-order valence-electron chi connectivity index (χ3n) is 8.54. The van der Waals surface area contributed by atoms with E-state index in [1.165, 1.54) is 77.0 Å². The van der Waals surface area contributed by atoms with E-state index in [1.54, 1.807) is 0 Å². The molecule has 1 atom stereocenters. The Morgan fingerprint density at radius 3 is 1.31 bits per heavy atom. The number of unbranched alkanes of at least 4 members (excludes halogenated alkanes) is 17. The minimum absolute atomic E-state index is 0.101. The summed E-state index contributed by atoms with van der Waals surface area (Å²) in [6, 6.07) is 0. The zero-order chi connectivity index (χ0) is 37.3. The molecule has 6 nitrogen and oxygen atoms in total. The van der Waals surface area contributed by atoms with Gasteiger partial charge in [0.2, 0.25) is 0 Å². The van der Waals surface area contributed by atoms with Gasteiger partial charge in [-0.1, -0.05) is 152 Å². The van der Waals surface area contributed by atoms with Crippen molar-refractivity contribution in [1.82, 2.24) is 0 Å². The molecule has 0 radical (unpaired) electrons. The Hall–Kier alpha value is -2.89. The molecule has 0 amide bonds. The number of hydrogen-bond donors (Lipinski definition) is 0. The van der Waals surface area contributed by atoms with Crippen LogP contribution in [-0.4, -0.2) is 37.2 Å². The molecule has 0 spiro atoms. The minimum atomic E-state index is -0.800. The summed E-state index contributed by atoms with van der Waals surface area (Å²) < 4.78 is 16.5. The molecule has 0 rings (SSSR count). The number of carbonyl (C=O) groups excluding carboxylic acids is 3. The normalized spacial score (nSPS) is 12.6. The fourth-order valence-electron chi connectivity index (χ4n) is 5.39. The maximum Gasteiger partial charge on any atom is 0.306 e. The number of carbonyl (C=O) groups is 3. The van der Waals surface area contributed by atoms with Gasteiger partial charge in [0.05, 0.1) is 0 Å². The van der Waals surface area contributed by atoms with E-state index in [0.29, 0.717) is 25.7 Å². The van der Waals surface area contributed by atoms with E-state index in [-0.39, 0.29) is 37.5 Å². The van der Waals surface area contributed by atoms with E-state index < -0.39 is 6.10 Å². The summed E-state index contributed by atoms with van der Waals surface area (Å²) in [5, 5.41) is 0. The van der Waals surface area contributed by atoms with Gasteiger partial charge in [-0.15, -0.1) is 0 Å². The van der Waals surface area contributed by atoms with Crippen LogP contribution in [0, 0.1) is 0 Å². The van der Waals surface area contributed by atoms with E-state index in [2.05, 4.69) is 81.5 Å². The highest BCUT2D eigenvalue weighted by molar-refractivity contribution is 5.71. The van der Waals surface area contributed by atoms with Gasteiger partial charge in [-0.3, -0.25) is 14.4 Å². The monoisotopic (exact) mass is 713 g/mol. The van der Waals surface area contributed by atoms with Crippen molar-refractivity contribution in [3.63, 3.8) is 0 Å². The average molecular weight is 713 g/mol. The van der Waals surface area contributed by atoms with E-state index in [4.69, 9.17) is 14.2 Å². The summed E-state index contributed by atoms with van der Waals surface area (Å²) in [5.74, 6) is -0.994. The summed E-state index contributed by atoms with van der Waals surface area (Å²) >= 11 is 0. The van der Waals surface area contributed by atoms with Crippen LogP contribution in [0.25, 0.3) is 0 Å². The summed E-state index contributed by atoms with van der Waals surface area (Å²) in [7, 11) is 0. The largest absolute Gasteiger partial charge is 0.462 e. The van der Waals surface area contributed by atoms with Crippen molar-refractivity contribution in [2.45, 2.75) is 194 Å². The van der Waals surface area contributed by atoms with Crippen molar-refractivity contribution in [1.29, 1.82) is 0 Å². The zero-order valence-corrected chi connectivity index (χ0v) is 33.1. The lowest BCUT2D eigenvalue weighted by atomic mass is 10.1. The molecule has 0 aliphatic rings. The predicted octanol–water partition coefficient (Wildman–Crippen LogP) is 13.0. The van der Waals surface area contributed by atoms with Crippen LogP contribution in [0.3, 0.4) is 0 Å². The lowest BCUT2D eigenvalue weighted by Crippen LogP contribution is -2.30. The highest BCUT2D eigenvalue weighted by Crippen LogP contribution is 2.12. The summed E-state index contributed by atoms with van der Waals surface area (Å²) in [6.07, 6.45) is 46.5. The minimum Gasteiger partial charge on any atom is -0.462 e. The second-order valence-electron chi connectivity index (χ2n) is 13.6. The molecule has 0 bridgehead atoms. The SMILES string of the molecule is CC\C=C/C=C\C=C/CCCCCCCCCC(=O)OCC(COC(=O)CCC/C=C\CCCCCC)OC(=O)CCC/C=C\CCCCCC. The molecule has 6 heteroatoms. The van der Waals surface area contributed by atoms with E-state index >= 15 is 0 Å². The van der Waals surface area contributed by atoms with Crippen LogP contribution in [-0.2, 0) is 28.6 Å². The number of rotatable bonds is 36. The molecular formula is C45H76O6. The maximum atomic E-state index is 12.6. The molecule has 0 aliphatic heterocycles. The molecule has 0 aromatic rings. The first-order valence-electron chi connectivity index (χ1n) is 20.8. The van der Waals surface area contributed by atoms with Gasteiger partial charge in [0.25, 0.3) is 0 Å².